The Morgan fingerprint density at radius 1 is 1.50 bits per heavy atom. The molecule has 18 heavy (non-hydrogen) atoms. The van der Waals surface area contributed by atoms with Crippen LogP contribution < -0.4 is 4.72 Å². The molecule has 1 aliphatic heterocycles. The summed E-state index contributed by atoms with van der Waals surface area (Å²) in [6.45, 7) is 10.3. The van der Waals surface area contributed by atoms with Crippen molar-refractivity contribution in [1.82, 2.24) is 4.72 Å². The van der Waals surface area contributed by atoms with Crippen LogP contribution in [0.5, 0.6) is 0 Å². The molecular formula is C15H23NS2. The highest BCUT2D eigenvalue weighted by atomic mass is 32.2. The van der Waals surface area contributed by atoms with Crippen molar-refractivity contribution in [3.63, 3.8) is 0 Å². The molecule has 1 saturated heterocycles. The van der Waals surface area contributed by atoms with Gasteiger partial charge < -0.3 is 4.72 Å². The second kappa shape index (κ2) is 8.54. The van der Waals surface area contributed by atoms with Crippen molar-refractivity contribution in [1.29, 1.82) is 0 Å². The first-order valence-corrected chi connectivity index (χ1v) is 8.27. The Hall–Kier alpha value is -0.540. The molecule has 3 heteroatoms. The minimum absolute atomic E-state index is 0.727. The SMILES string of the molecule is C=CC(=C/C=C\C)/C=C(\C)NSC1CCSC1C. The van der Waals surface area contributed by atoms with Gasteiger partial charge in [-0.05, 0) is 49.6 Å². The maximum Gasteiger partial charge on any atom is 0.0369 e. The summed E-state index contributed by atoms with van der Waals surface area (Å²) in [7, 11) is 0. The highest BCUT2D eigenvalue weighted by Gasteiger charge is 2.24. The number of hydrogen-bond donors (Lipinski definition) is 1. The normalized spacial score (nSPS) is 25.7. The molecule has 1 N–H and O–H groups in total. The van der Waals surface area contributed by atoms with E-state index in [0.29, 0.717) is 0 Å². The monoisotopic (exact) mass is 281 g/mol. The lowest BCUT2D eigenvalue weighted by Crippen LogP contribution is -2.15. The third-order valence-electron chi connectivity index (χ3n) is 2.78. The second-order valence-corrected chi connectivity index (χ2v) is 6.88. The van der Waals surface area contributed by atoms with Gasteiger partial charge in [-0.15, -0.1) is 0 Å². The molecule has 1 rings (SSSR count). The van der Waals surface area contributed by atoms with Crippen LogP contribution >= 0.6 is 23.7 Å². The molecule has 2 unspecified atom stereocenters. The molecule has 1 fully saturated rings. The van der Waals surface area contributed by atoms with Crippen molar-refractivity contribution < 1.29 is 0 Å². The van der Waals surface area contributed by atoms with Gasteiger partial charge in [0.25, 0.3) is 0 Å². The van der Waals surface area contributed by atoms with Gasteiger partial charge in [0.1, 0.15) is 0 Å². The van der Waals surface area contributed by atoms with Gasteiger partial charge in [0.15, 0.2) is 0 Å². The van der Waals surface area contributed by atoms with Gasteiger partial charge in [-0.3, -0.25) is 0 Å². The predicted molar refractivity (Wildman–Crippen MR) is 87.9 cm³/mol. The van der Waals surface area contributed by atoms with E-state index < -0.39 is 0 Å². The maximum atomic E-state index is 3.83. The average Bonchev–Trinajstić information content (AvgIpc) is 2.77. The molecular weight excluding hydrogens is 258 g/mol. The Balaban J connectivity index is 2.47. The second-order valence-electron chi connectivity index (χ2n) is 4.35. The number of thioether (sulfide) groups is 1. The van der Waals surface area contributed by atoms with Gasteiger partial charge in [0.2, 0.25) is 0 Å². The van der Waals surface area contributed by atoms with Gasteiger partial charge >= 0.3 is 0 Å². The summed E-state index contributed by atoms with van der Waals surface area (Å²) in [5.41, 5.74) is 2.31. The highest BCUT2D eigenvalue weighted by Crippen LogP contribution is 2.33. The molecule has 0 aromatic carbocycles. The summed E-state index contributed by atoms with van der Waals surface area (Å²) >= 11 is 3.93. The van der Waals surface area contributed by atoms with E-state index in [0.717, 1.165) is 16.1 Å². The van der Waals surface area contributed by atoms with Crippen LogP contribution in [-0.4, -0.2) is 16.3 Å². The minimum Gasteiger partial charge on any atom is -0.334 e. The highest BCUT2D eigenvalue weighted by molar-refractivity contribution is 8.03. The summed E-state index contributed by atoms with van der Waals surface area (Å²) in [5, 5.41) is 1.48. The lowest BCUT2D eigenvalue weighted by Gasteiger charge is -2.15. The van der Waals surface area contributed by atoms with Crippen molar-refractivity contribution >= 4 is 23.7 Å². The number of hydrogen-bond acceptors (Lipinski definition) is 3. The third kappa shape index (κ3) is 5.40. The number of rotatable bonds is 6. The summed E-state index contributed by atoms with van der Waals surface area (Å²) in [5.74, 6) is 1.29. The lowest BCUT2D eigenvalue weighted by atomic mass is 10.2. The molecule has 0 bridgehead atoms. The Morgan fingerprint density at radius 2 is 2.28 bits per heavy atom. The summed E-state index contributed by atoms with van der Waals surface area (Å²) < 4.78 is 3.45. The van der Waals surface area contributed by atoms with Crippen molar-refractivity contribution in [3.05, 3.63) is 48.2 Å². The Morgan fingerprint density at radius 3 is 2.83 bits per heavy atom. The molecule has 0 radical (unpaired) electrons. The van der Waals surface area contributed by atoms with E-state index in [1.807, 2.05) is 37.1 Å². The van der Waals surface area contributed by atoms with Crippen LogP contribution in [0.1, 0.15) is 27.2 Å². The summed E-state index contributed by atoms with van der Waals surface area (Å²) in [6, 6.07) is 0. The van der Waals surface area contributed by atoms with E-state index >= 15 is 0 Å². The Labute approximate surface area is 120 Å². The van der Waals surface area contributed by atoms with Crippen LogP contribution in [0.2, 0.25) is 0 Å². The van der Waals surface area contributed by atoms with Gasteiger partial charge in [0.05, 0.1) is 0 Å². The van der Waals surface area contributed by atoms with Crippen LogP contribution in [0, 0.1) is 0 Å². The molecule has 1 heterocycles. The number of allylic oxidation sites excluding steroid dienone is 7. The fourth-order valence-electron chi connectivity index (χ4n) is 1.70. The van der Waals surface area contributed by atoms with Crippen molar-refractivity contribution in [2.24, 2.45) is 0 Å². The quantitative estimate of drug-likeness (QED) is 0.559. The van der Waals surface area contributed by atoms with Crippen molar-refractivity contribution in [2.75, 3.05) is 5.75 Å². The van der Waals surface area contributed by atoms with E-state index in [2.05, 4.69) is 49.1 Å². The Kier molecular flexibility index (Phi) is 7.36. The van der Waals surface area contributed by atoms with E-state index in [1.54, 1.807) is 0 Å². The van der Waals surface area contributed by atoms with Crippen LogP contribution in [0.15, 0.2) is 48.2 Å². The first-order chi connectivity index (χ1) is 8.67. The van der Waals surface area contributed by atoms with E-state index in [1.165, 1.54) is 17.9 Å². The number of nitrogens with one attached hydrogen (secondary N) is 1. The Bertz CT molecular complexity index is 356. The molecule has 1 nitrogen and oxygen atoms in total. The third-order valence-corrected chi connectivity index (χ3v) is 5.66. The topological polar surface area (TPSA) is 12.0 Å². The minimum atomic E-state index is 0.727. The molecule has 0 aliphatic carbocycles. The van der Waals surface area contributed by atoms with Crippen LogP contribution in [0.3, 0.4) is 0 Å². The van der Waals surface area contributed by atoms with Crippen molar-refractivity contribution in [3.8, 4) is 0 Å². The van der Waals surface area contributed by atoms with E-state index in [-0.39, 0.29) is 0 Å². The first kappa shape index (κ1) is 15.5. The van der Waals surface area contributed by atoms with Gasteiger partial charge in [-0.1, -0.05) is 37.8 Å². The fourth-order valence-corrected chi connectivity index (χ4v) is 4.19. The zero-order chi connectivity index (χ0) is 13.4. The van der Waals surface area contributed by atoms with Gasteiger partial charge in [-0.25, -0.2) is 0 Å². The molecule has 2 atom stereocenters. The summed E-state index contributed by atoms with van der Waals surface area (Å²) in [6.07, 6.45) is 11.4. The smallest absolute Gasteiger partial charge is 0.0369 e. The van der Waals surface area contributed by atoms with Crippen LogP contribution in [-0.2, 0) is 0 Å². The fraction of sp³-hybridized carbons (Fsp3) is 0.467. The van der Waals surface area contributed by atoms with Gasteiger partial charge in [-0.2, -0.15) is 11.8 Å². The van der Waals surface area contributed by atoms with Gasteiger partial charge in [0, 0.05) is 16.2 Å². The van der Waals surface area contributed by atoms with E-state index in [9.17, 15) is 0 Å². The largest absolute Gasteiger partial charge is 0.334 e. The zero-order valence-electron chi connectivity index (χ0n) is 11.5. The zero-order valence-corrected chi connectivity index (χ0v) is 13.1. The molecule has 0 amide bonds. The van der Waals surface area contributed by atoms with Crippen LogP contribution in [0.4, 0.5) is 0 Å². The molecule has 0 aromatic heterocycles. The predicted octanol–water partition coefficient (Wildman–Crippen LogP) is 4.71. The molecule has 0 aromatic rings. The standard InChI is InChI=1S/C15H23NS2/c1-5-7-8-14(6-2)11-12(3)16-18-15-9-10-17-13(15)4/h5-8,11,13,15-16H,2,9-10H2,1,3-4H3/b7-5-,12-11+,14-8-. The molecule has 0 spiro atoms. The average molecular weight is 281 g/mol. The maximum absolute atomic E-state index is 3.83. The lowest BCUT2D eigenvalue weighted by molar-refractivity contribution is 0.853. The van der Waals surface area contributed by atoms with E-state index in [4.69, 9.17) is 0 Å². The molecule has 100 valence electrons. The molecule has 0 saturated carbocycles. The van der Waals surface area contributed by atoms with Crippen molar-refractivity contribution in [2.45, 2.75) is 37.7 Å². The van der Waals surface area contributed by atoms with Crippen LogP contribution in [0.25, 0.3) is 0 Å². The molecule has 1 aliphatic rings. The first-order valence-electron chi connectivity index (χ1n) is 6.34. The summed E-state index contributed by atoms with van der Waals surface area (Å²) in [4.78, 5) is 0.